The van der Waals surface area contributed by atoms with Crippen LogP contribution in [0.4, 0.5) is 5.69 Å². The molecule has 0 spiro atoms. The average molecular weight is 403 g/mol. The van der Waals surface area contributed by atoms with Gasteiger partial charge in [0, 0.05) is 17.2 Å². The van der Waals surface area contributed by atoms with Crippen molar-refractivity contribution in [3.05, 3.63) is 76.9 Å². The molecule has 0 aliphatic heterocycles. The van der Waals surface area contributed by atoms with Crippen LogP contribution in [0.25, 0.3) is 0 Å². The van der Waals surface area contributed by atoms with E-state index in [1.165, 1.54) is 19.1 Å². The van der Waals surface area contributed by atoms with E-state index in [2.05, 4.69) is 0 Å². The van der Waals surface area contributed by atoms with Gasteiger partial charge in [0.05, 0.1) is 16.8 Å². The molecule has 0 fully saturated rings. The van der Waals surface area contributed by atoms with Gasteiger partial charge in [-0.25, -0.2) is 0 Å². The number of benzene rings is 3. The largest absolute Gasteiger partial charge is 0.507 e. The van der Waals surface area contributed by atoms with Gasteiger partial charge in [-0.2, -0.15) is 0 Å². The number of hydrogen-bond donors (Lipinski definition) is 2. The van der Waals surface area contributed by atoms with Gasteiger partial charge < -0.3 is 20.3 Å². The maximum Gasteiger partial charge on any atom is 0.198 e. The standard InChI is InChI=1S/C23H17NO6/c1-12(25)11-29-13-6-8-14(9-7-13)30-18-10-17(26)19-20(21(18)24)23(28)16-5-3-2-4-15(16)22(19)27/h2-10,26H,11,24H2,1H3. The number of hydrogen-bond acceptors (Lipinski definition) is 7. The zero-order chi connectivity index (χ0) is 21.4. The lowest BCUT2D eigenvalue weighted by atomic mass is 9.82. The number of carbonyl (C=O) groups excluding carboxylic acids is 3. The maximum atomic E-state index is 13.0. The number of nitrogen functional groups attached to an aromatic ring is 1. The number of fused-ring (bicyclic) bond motifs is 2. The van der Waals surface area contributed by atoms with Crippen molar-refractivity contribution < 1.29 is 29.0 Å². The molecule has 0 bridgehead atoms. The highest BCUT2D eigenvalue weighted by Crippen LogP contribution is 2.42. The molecule has 0 saturated carbocycles. The highest BCUT2D eigenvalue weighted by atomic mass is 16.5. The number of carbonyl (C=O) groups is 3. The first-order chi connectivity index (χ1) is 14.4. The fourth-order valence-corrected chi connectivity index (χ4v) is 3.27. The van der Waals surface area contributed by atoms with Crippen LogP contribution in [0.2, 0.25) is 0 Å². The Labute approximate surface area is 171 Å². The molecular weight excluding hydrogens is 386 g/mol. The summed E-state index contributed by atoms with van der Waals surface area (Å²) in [4.78, 5) is 36.8. The van der Waals surface area contributed by atoms with Gasteiger partial charge in [-0.1, -0.05) is 24.3 Å². The van der Waals surface area contributed by atoms with Crippen LogP contribution >= 0.6 is 0 Å². The molecule has 0 radical (unpaired) electrons. The van der Waals surface area contributed by atoms with Gasteiger partial charge in [-0.05, 0) is 31.2 Å². The van der Waals surface area contributed by atoms with Crippen LogP contribution in [0.15, 0.2) is 54.6 Å². The smallest absolute Gasteiger partial charge is 0.198 e. The Morgan fingerprint density at radius 1 is 0.933 bits per heavy atom. The van der Waals surface area contributed by atoms with E-state index in [4.69, 9.17) is 15.2 Å². The number of Topliss-reactive ketones (excluding diaryl/α,β-unsaturated/α-hetero) is 1. The third-order valence-electron chi connectivity index (χ3n) is 4.67. The van der Waals surface area contributed by atoms with Crippen LogP contribution in [0.1, 0.15) is 38.8 Å². The van der Waals surface area contributed by atoms with Crippen molar-refractivity contribution >= 4 is 23.0 Å². The quantitative estimate of drug-likeness (QED) is 0.387. The summed E-state index contributed by atoms with van der Waals surface area (Å²) in [5.74, 6) is -0.516. The van der Waals surface area contributed by atoms with E-state index >= 15 is 0 Å². The minimum atomic E-state index is -0.470. The second kappa shape index (κ2) is 7.36. The van der Waals surface area contributed by atoms with E-state index in [9.17, 15) is 19.5 Å². The highest BCUT2D eigenvalue weighted by Gasteiger charge is 2.35. The fourth-order valence-electron chi connectivity index (χ4n) is 3.27. The lowest BCUT2D eigenvalue weighted by Crippen LogP contribution is -2.22. The molecule has 0 atom stereocenters. The number of ether oxygens (including phenoxy) is 2. The van der Waals surface area contributed by atoms with Crippen molar-refractivity contribution in [2.75, 3.05) is 12.3 Å². The minimum absolute atomic E-state index is 0.0347. The molecule has 0 amide bonds. The molecule has 1 aliphatic carbocycles. The molecule has 7 nitrogen and oxygen atoms in total. The number of aromatic hydroxyl groups is 1. The van der Waals surface area contributed by atoms with Crippen LogP contribution < -0.4 is 15.2 Å². The van der Waals surface area contributed by atoms with Crippen molar-refractivity contribution in [3.63, 3.8) is 0 Å². The molecule has 0 aromatic heterocycles. The predicted molar refractivity (Wildman–Crippen MR) is 109 cm³/mol. The highest BCUT2D eigenvalue weighted by molar-refractivity contribution is 6.31. The summed E-state index contributed by atoms with van der Waals surface area (Å²) in [6.45, 7) is 1.39. The first-order valence-electron chi connectivity index (χ1n) is 9.11. The second-order valence-corrected chi connectivity index (χ2v) is 6.83. The lowest BCUT2D eigenvalue weighted by Gasteiger charge is -2.21. The van der Waals surface area contributed by atoms with Crippen molar-refractivity contribution in [2.24, 2.45) is 0 Å². The van der Waals surface area contributed by atoms with Crippen LogP contribution in [-0.4, -0.2) is 29.1 Å². The van der Waals surface area contributed by atoms with E-state index in [1.54, 1.807) is 42.5 Å². The Hall–Kier alpha value is -4.13. The summed E-state index contributed by atoms with van der Waals surface area (Å²) in [6.07, 6.45) is 0. The first kappa shape index (κ1) is 19.2. The normalized spacial score (nSPS) is 12.2. The topological polar surface area (TPSA) is 116 Å². The third kappa shape index (κ3) is 3.26. The van der Waals surface area contributed by atoms with Crippen LogP contribution in [0.5, 0.6) is 23.0 Å². The summed E-state index contributed by atoms with van der Waals surface area (Å²) in [6, 6.07) is 14.0. The third-order valence-corrected chi connectivity index (χ3v) is 4.67. The van der Waals surface area contributed by atoms with Crippen molar-refractivity contribution in [2.45, 2.75) is 6.92 Å². The van der Waals surface area contributed by atoms with Crippen molar-refractivity contribution in [1.29, 1.82) is 0 Å². The molecule has 0 heterocycles. The minimum Gasteiger partial charge on any atom is -0.507 e. The predicted octanol–water partition coefficient (Wildman–Crippen LogP) is 3.51. The first-order valence-corrected chi connectivity index (χ1v) is 9.11. The van der Waals surface area contributed by atoms with Gasteiger partial charge >= 0.3 is 0 Å². The van der Waals surface area contributed by atoms with Gasteiger partial charge in [0.1, 0.15) is 23.9 Å². The Kier molecular flexibility index (Phi) is 4.71. The van der Waals surface area contributed by atoms with E-state index in [1.807, 2.05) is 0 Å². The van der Waals surface area contributed by atoms with Gasteiger partial charge in [-0.15, -0.1) is 0 Å². The molecule has 7 heteroatoms. The molecule has 30 heavy (non-hydrogen) atoms. The zero-order valence-electron chi connectivity index (χ0n) is 16.0. The van der Waals surface area contributed by atoms with Crippen molar-refractivity contribution in [3.8, 4) is 23.0 Å². The number of ketones is 3. The second-order valence-electron chi connectivity index (χ2n) is 6.83. The number of anilines is 1. The molecule has 0 unspecified atom stereocenters. The van der Waals surface area contributed by atoms with Crippen LogP contribution in [0.3, 0.4) is 0 Å². The average Bonchev–Trinajstić information content (AvgIpc) is 2.73. The van der Waals surface area contributed by atoms with Crippen molar-refractivity contribution in [1.82, 2.24) is 0 Å². The van der Waals surface area contributed by atoms with Crippen LogP contribution in [0, 0.1) is 0 Å². The number of nitrogens with two attached hydrogens (primary N) is 1. The molecular formula is C23H17NO6. The SMILES string of the molecule is CC(=O)COc1ccc(Oc2cc(O)c3c(c2N)C(=O)c2ccccc2C3=O)cc1. The molecule has 3 N–H and O–H groups in total. The summed E-state index contributed by atoms with van der Waals surface area (Å²) < 4.78 is 11.0. The fraction of sp³-hybridized carbons (Fsp3) is 0.0870. The van der Waals surface area contributed by atoms with E-state index in [0.717, 1.165) is 0 Å². The Morgan fingerprint density at radius 3 is 2.10 bits per heavy atom. The maximum absolute atomic E-state index is 13.0. The van der Waals surface area contributed by atoms with Gasteiger partial charge in [0.2, 0.25) is 0 Å². The molecule has 1 aliphatic rings. The van der Waals surface area contributed by atoms with E-state index in [-0.39, 0.29) is 51.8 Å². The summed E-state index contributed by atoms with van der Waals surface area (Å²) >= 11 is 0. The Balaban J connectivity index is 1.69. The summed E-state index contributed by atoms with van der Waals surface area (Å²) in [5, 5.41) is 10.5. The molecule has 0 saturated heterocycles. The number of phenolic OH excluding ortho intramolecular Hbond substituents is 1. The molecule has 4 rings (SSSR count). The number of phenols is 1. The van der Waals surface area contributed by atoms with Crippen LogP contribution in [-0.2, 0) is 4.79 Å². The molecule has 150 valence electrons. The summed E-state index contributed by atoms with van der Waals surface area (Å²) in [5.41, 5.74) is 6.38. The zero-order valence-corrected chi connectivity index (χ0v) is 16.0. The van der Waals surface area contributed by atoms with Gasteiger partial charge in [0.15, 0.2) is 23.1 Å². The lowest BCUT2D eigenvalue weighted by molar-refractivity contribution is -0.118. The summed E-state index contributed by atoms with van der Waals surface area (Å²) in [7, 11) is 0. The molecule has 3 aromatic rings. The monoisotopic (exact) mass is 403 g/mol. The van der Waals surface area contributed by atoms with Gasteiger partial charge in [0.25, 0.3) is 0 Å². The van der Waals surface area contributed by atoms with Gasteiger partial charge in [-0.3, -0.25) is 14.4 Å². The number of rotatable bonds is 5. The Morgan fingerprint density at radius 2 is 1.50 bits per heavy atom. The molecule has 3 aromatic carbocycles. The van der Waals surface area contributed by atoms with E-state index in [0.29, 0.717) is 11.5 Å². The Bertz CT molecular complexity index is 1200. The van der Waals surface area contributed by atoms with E-state index < -0.39 is 11.6 Å².